The quantitative estimate of drug-likeness (QED) is 0.0631. The van der Waals surface area contributed by atoms with Crippen LogP contribution < -0.4 is 26.2 Å². The number of urea groups is 1. The summed E-state index contributed by atoms with van der Waals surface area (Å²) in [4.78, 5) is 76.6. The molecule has 9 rings (SSSR count). The lowest BCUT2D eigenvalue weighted by atomic mass is 9.85. The second-order valence-corrected chi connectivity index (χ2v) is 22.6. The maximum Gasteiger partial charge on any atom is 0.317 e. The van der Waals surface area contributed by atoms with Gasteiger partial charge >= 0.3 is 6.03 Å². The Morgan fingerprint density at radius 3 is 2.41 bits per heavy atom. The molecule has 7 heterocycles. The highest BCUT2D eigenvalue weighted by Gasteiger charge is 2.45. The van der Waals surface area contributed by atoms with Crippen molar-refractivity contribution in [3.8, 4) is 21.6 Å². The van der Waals surface area contributed by atoms with Gasteiger partial charge in [0.1, 0.15) is 25.3 Å². The van der Waals surface area contributed by atoms with Crippen LogP contribution in [0.4, 0.5) is 25.1 Å². The van der Waals surface area contributed by atoms with Crippen LogP contribution in [0.5, 0.6) is 0 Å². The number of thiazole rings is 1. The number of benzene rings is 2. The van der Waals surface area contributed by atoms with E-state index >= 15 is 8.78 Å². The average Bonchev–Trinajstić information content (AvgIpc) is 4.44. The van der Waals surface area contributed by atoms with Crippen molar-refractivity contribution < 1.29 is 52.1 Å². The van der Waals surface area contributed by atoms with E-state index in [4.69, 9.17) is 19.3 Å². The first-order valence-corrected chi connectivity index (χ1v) is 28.2. The lowest BCUT2D eigenvalue weighted by molar-refractivity contribution is -0.144. The van der Waals surface area contributed by atoms with Crippen LogP contribution >= 0.6 is 11.3 Å². The number of nitrogens with zero attached hydrogens (tertiary/aromatic N) is 8. The molecule has 6 amide bonds. The van der Waals surface area contributed by atoms with Gasteiger partial charge in [-0.25, -0.2) is 18.6 Å². The number of hydrogen-bond acceptors (Lipinski definition) is 14. The molecule has 21 nitrogen and oxygen atoms in total. The molecule has 2 fully saturated rings. The molecule has 4 aliphatic heterocycles. The van der Waals surface area contributed by atoms with Crippen LogP contribution in [0.1, 0.15) is 92.6 Å². The largest absolute Gasteiger partial charge is 0.391 e. The fourth-order valence-electron chi connectivity index (χ4n) is 10.9. The van der Waals surface area contributed by atoms with Gasteiger partial charge in [-0.2, -0.15) is 10.2 Å². The van der Waals surface area contributed by atoms with Crippen molar-refractivity contribution in [2.45, 2.75) is 117 Å². The lowest BCUT2D eigenvalue weighted by Gasteiger charge is -2.35. The van der Waals surface area contributed by atoms with Gasteiger partial charge in [0.15, 0.2) is 5.82 Å². The molecule has 0 radical (unpaired) electrons. The van der Waals surface area contributed by atoms with Gasteiger partial charge in [0.05, 0.1) is 60.7 Å². The maximum atomic E-state index is 15.1. The van der Waals surface area contributed by atoms with Gasteiger partial charge in [0.2, 0.25) is 23.6 Å². The number of alkyl halides is 2. The van der Waals surface area contributed by atoms with Crippen molar-refractivity contribution >= 4 is 52.5 Å². The number of aromatic nitrogens is 5. The van der Waals surface area contributed by atoms with E-state index in [1.807, 2.05) is 42.2 Å². The SMILES string of the molecule is CNC(=O)N1CCc2c(c(N3CCCc4cc(-c5cnn(CCNC(=O)COCCOCC(=O)N[C@H](C(=O)N6C[C@H](O)C[C@H]6C(=O)NCc6ccc(-c7scnc7C)cc6)C(C)(C)C)c5)c(C(F)F)cc43)nn2C2CCOCC2)C1. The Bertz CT molecular complexity index is 3010. The normalized spacial score (nSPS) is 18.0. The second-order valence-electron chi connectivity index (χ2n) is 21.8. The molecule has 5 aromatic rings. The van der Waals surface area contributed by atoms with E-state index in [0.717, 1.165) is 57.8 Å². The number of hydrogen-bond donors (Lipinski definition) is 5. The van der Waals surface area contributed by atoms with Gasteiger partial charge in [-0.15, -0.1) is 11.3 Å². The number of halogens is 2. The van der Waals surface area contributed by atoms with Crippen LogP contribution in [-0.2, 0) is 65.9 Å². The molecular formula is C56H72F2N12O9S. The van der Waals surface area contributed by atoms with Crippen molar-refractivity contribution in [1.82, 2.24) is 55.6 Å². The Labute approximate surface area is 467 Å². The minimum absolute atomic E-state index is 0.00766. The van der Waals surface area contributed by atoms with E-state index in [1.54, 1.807) is 72.7 Å². The Morgan fingerprint density at radius 1 is 0.963 bits per heavy atom. The highest BCUT2D eigenvalue weighted by molar-refractivity contribution is 7.13. The molecule has 24 heteroatoms. The van der Waals surface area contributed by atoms with Crippen LogP contribution in [0.3, 0.4) is 0 Å². The number of carbonyl (C=O) groups is 5. The summed E-state index contributed by atoms with van der Waals surface area (Å²) in [6.07, 6.45) is 3.31. The molecule has 4 aliphatic rings. The number of β-amino-alcohol motifs (C(OH)–C–C–N with tert-alkyl or cyclic N) is 1. The van der Waals surface area contributed by atoms with Crippen molar-refractivity contribution in [2.75, 3.05) is 77.8 Å². The molecule has 0 aliphatic carbocycles. The summed E-state index contributed by atoms with van der Waals surface area (Å²) < 4.78 is 50.4. The van der Waals surface area contributed by atoms with Crippen molar-refractivity contribution in [3.63, 3.8) is 0 Å². The third kappa shape index (κ3) is 13.5. The molecule has 0 spiro atoms. The number of anilines is 2. The zero-order valence-electron chi connectivity index (χ0n) is 46.0. The van der Waals surface area contributed by atoms with Crippen molar-refractivity contribution in [1.29, 1.82) is 0 Å². The standard InChI is InChI=1S/C56H72F2N12O9S/c1-34-49(80-33-62-34)36-10-8-35(9-11-36)26-61-53(74)46-24-40(71)29-69(46)54(75)50(56(2,3)4)64-48(73)32-79-22-21-78-31-47(72)60-15-18-67-28-38(27-63-67)41-23-37-7-6-16-68(45(37)25-42(41)51(57)58)52-43-30-66(55(76)59-5)17-12-44(43)70(65-52)39-13-19-77-20-14-39/h8-11,23,25,27-28,33,39-40,46,50-51,71H,6-7,12-22,24,26,29-32H2,1-5H3,(H,59,76)(H,60,72)(H,61,74)(H,64,73)/t40-,46+,50-/m1/s1. The molecule has 0 unspecified atom stereocenters. The van der Waals surface area contributed by atoms with Crippen LogP contribution in [0.25, 0.3) is 21.6 Å². The molecule has 80 heavy (non-hydrogen) atoms. The van der Waals surface area contributed by atoms with Gasteiger partial charge in [-0.1, -0.05) is 45.0 Å². The number of aryl methyl sites for hydroxylation is 2. The van der Waals surface area contributed by atoms with Gasteiger partial charge < -0.3 is 55.3 Å². The van der Waals surface area contributed by atoms with E-state index in [1.165, 1.54) is 4.90 Å². The highest BCUT2D eigenvalue weighted by Crippen LogP contribution is 2.44. The molecule has 3 aromatic heterocycles. The number of amides is 6. The number of nitrogens with one attached hydrogen (secondary N) is 4. The van der Waals surface area contributed by atoms with Crippen molar-refractivity contribution in [3.05, 3.63) is 87.9 Å². The number of rotatable bonds is 20. The molecule has 5 N–H and O–H groups in total. The van der Waals surface area contributed by atoms with E-state index in [-0.39, 0.29) is 70.1 Å². The molecule has 2 saturated heterocycles. The van der Waals surface area contributed by atoms with Crippen LogP contribution in [0.15, 0.2) is 54.3 Å². The van der Waals surface area contributed by atoms with Gasteiger partial charge in [0, 0.05) is 100 Å². The predicted molar refractivity (Wildman–Crippen MR) is 294 cm³/mol. The van der Waals surface area contributed by atoms with E-state index in [2.05, 4.69) is 36.0 Å². The average molecular weight is 1130 g/mol. The van der Waals surface area contributed by atoms with Crippen LogP contribution in [0.2, 0.25) is 0 Å². The monoisotopic (exact) mass is 1130 g/mol. The number of likely N-dealkylation sites (tertiary alicyclic amines) is 1. The van der Waals surface area contributed by atoms with E-state index < -0.39 is 60.3 Å². The number of aliphatic hydroxyl groups excluding tert-OH is 1. The number of aliphatic hydroxyl groups is 1. The topological polar surface area (TPSA) is 240 Å². The second kappa shape index (κ2) is 25.7. The molecule has 3 atom stereocenters. The minimum atomic E-state index is -2.79. The fraction of sp³-hybridized carbons (Fsp3) is 0.536. The lowest BCUT2D eigenvalue weighted by Crippen LogP contribution is -2.58. The Kier molecular flexibility index (Phi) is 18.6. The summed E-state index contributed by atoms with van der Waals surface area (Å²) in [5.74, 6) is -1.19. The Balaban J connectivity index is 0.721. The summed E-state index contributed by atoms with van der Waals surface area (Å²) in [5, 5.41) is 31.4. The van der Waals surface area contributed by atoms with Crippen LogP contribution in [-0.4, -0.2) is 160 Å². The van der Waals surface area contributed by atoms with Gasteiger partial charge in [-0.3, -0.25) is 28.5 Å². The van der Waals surface area contributed by atoms with E-state index in [9.17, 15) is 29.1 Å². The summed E-state index contributed by atoms with van der Waals surface area (Å²) in [5.41, 5.74) is 8.23. The fourth-order valence-corrected chi connectivity index (χ4v) is 11.7. The summed E-state index contributed by atoms with van der Waals surface area (Å²) in [7, 11) is 1.61. The Hall–Kier alpha value is -6.86. The number of ether oxygens (including phenoxy) is 3. The predicted octanol–water partition coefficient (Wildman–Crippen LogP) is 5.21. The third-order valence-corrected chi connectivity index (χ3v) is 16.1. The van der Waals surface area contributed by atoms with Gasteiger partial charge in [0.25, 0.3) is 6.43 Å². The molecule has 0 bridgehead atoms. The minimum Gasteiger partial charge on any atom is -0.391 e. The third-order valence-electron chi connectivity index (χ3n) is 15.1. The summed E-state index contributed by atoms with van der Waals surface area (Å²) in [6, 6.07) is 9.19. The molecule has 0 saturated carbocycles. The molecule has 430 valence electrons. The number of carbonyl (C=O) groups excluding carboxylic acids is 5. The summed E-state index contributed by atoms with van der Waals surface area (Å²) >= 11 is 1.55. The molecule has 2 aromatic carbocycles. The first-order valence-electron chi connectivity index (χ1n) is 27.3. The van der Waals surface area contributed by atoms with E-state index in [0.29, 0.717) is 68.3 Å². The molecular weight excluding hydrogens is 1050 g/mol. The zero-order valence-corrected chi connectivity index (χ0v) is 46.8. The Morgan fingerprint density at radius 2 is 1.71 bits per heavy atom. The first kappa shape index (κ1) is 57.8. The smallest absolute Gasteiger partial charge is 0.317 e. The van der Waals surface area contributed by atoms with Crippen molar-refractivity contribution in [2.24, 2.45) is 5.41 Å². The maximum absolute atomic E-state index is 15.1. The van der Waals surface area contributed by atoms with Crippen LogP contribution in [0, 0.1) is 12.3 Å². The number of fused-ring (bicyclic) bond motifs is 2. The summed E-state index contributed by atoms with van der Waals surface area (Å²) in [6.45, 7) is 9.97. The van der Waals surface area contributed by atoms with Gasteiger partial charge in [-0.05, 0) is 72.4 Å². The first-order chi connectivity index (χ1) is 38.5. The highest BCUT2D eigenvalue weighted by atomic mass is 32.1. The zero-order chi connectivity index (χ0) is 56.7.